The van der Waals surface area contributed by atoms with Crippen LogP contribution in [0.2, 0.25) is 0 Å². The summed E-state index contributed by atoms with van der Waals surface area (Å²) in [4.78, 5) is 0. The van der Waals surface area contributed by atoms with Gasteiger partial charge in [0.2, 0.25) is 5.88 Å². The molecule has 0 bridgehead atoms. The largest absolute Gasteiger partial charge is 0.474 e. The molecule has 0 aliphatic rings. The van der Waals surface area contributed by atoms with Crippen molar-refractivity contribution in [2.24, 2.45) is 0 Å². The normalized spacial score (nSPS) is 10.3. The van der Waals surface area contributed by atoms with Gasteiger partial charge in [-0.05, 0) is 25.1 Å². The number of aromatic nitrogens is 2. The third-order valence-corrected chi connectivity index (χ3v) is 2.65. The van der Waals surface area contributed by atoms with Gasteiger partial charge in [-0.2, -0.15) is 5.26 Å². The Hall–Kier alpha value is -2.39. The molecule has 2 rings (SSSR count). The summed E-state index contributed by atoms with van der Waals surface area (Å²) < 4.78 is 25.2. The number of nitrogens with zero attached hydrogens (tertiary/aromatic N) is 3. The maximum Gasteiger partial charge on any atom is 0.236 e. The van der Waals surface area contributed by atoms with Crippen LogP contribution < -0.4 is 4.74 Å². The summed E-state index contributed by atoms with van der Waals surface area (Å²) in [6, 6.07) is 5.96. The fourth-order valence-electron chi connectivity index (χ4n) is 1.71. The topological polar surface area (TPSA) is 60.1 Å². The first-order valence-electron chi connectivity index (χ1n) is 6.03. The van der Waals surface area contributed by atoms with Crippen molar-refractivity contribution < 1.29 is 13.9 Å². The molecule has 0 atom stereocenters. The van der Waals surface area contributed by atoms with Crippen LogP contribution in [0.3, 0.4) is 0 Å². The van der Waals surface area contributed by atoms with Crippen LogP contribution in [0.25, 0.3) is 5.69 Å². The number of nitriles is 1. The number of methoxy groups -OCH3 is 1. The first-order valence-corrected chi connectivity index (χ1v) is 6.03. The molecule has 1 heterocycles. The zero-order valence-electron chi connectivity index (χ0n) is 11.3. The van der Waals surface area contributed by atoms with E-state index in [1.165, 1.54) is 16.8 Å². The number of ether oxygens (including phenoxy) is 2. The molecular formula is C14H14FN3O2. The Labute approximate surface area is 116 Å². The minimum Gasteiger partial charge on any atom is -0.474 e. The predicted octanol–water partition coefficient (Wildman–Crippen LogP) is 2.22. The second kappa shape index (κ2) is 6.17. The summed E-state index contributed by atoms with van der Waals surface area (Å²) in [5.41, 5.74) is 1.55. The van der Waals surface area contributed by atoms with Crippen LogP contribution in [0.1, 0.15) is 11.1 Å². The number of rotatable bonds is 5. The third-order valence-electron chi connectivity index (χ3n) is 2.65. The molecule has 0 amide bonds. The van der Waals surface area contributed by atoms with E-state index in [9.17, 15) is 4.39 Å². The SMILES string of the molecule is COCCOc1nn(-c2cc(F)cc(C#N)c2)cc1C. The van der Waals surface area contributed by atoms with Crippen molar-refractivity contribution in [3.05, 3.63) is 41.3 Å². The van der Waals surface area contributed by atoms with Crippen molar-refractivity contribution >= 4 is 0 Å². The van der Waals surface area contributed by atoms with Crippen molar-refractivity contribution in [3.63, 3.8) is 0 Å². The summed E-state index contributed by atoms with van der Waals surface area (Å²) in [6.07, 6.45) is 1.72. The van der Waals surface area contributed by atoms with Crippen molar-refractivity contribution in [2.75, 3.05) is 20.3 Å². The first-order chi connectivity index (χ1) is 9.63. The molecule has 20 heavy (non-hydrogen) atoms. The lowest BCUT2D eigenvalue weighted by Crippen LogP contribution is -2.05. The fourth-order valence-corrected chi connectivity index (χ4v) is 1.71. The minimum absolute atomic E-state index is 0.245. The Morgan fingerprint density at radius 3 is 2.85 bits per heavy atom. The minimum atomic E-state index is -0.478. The average molecular weight is 275 g/mol. The standard InChI is InChI=1S/C14H14FN3O2/c1-10-9-18(17-14(10)20-4-3-19-2)13-6-11(8-16)5-12(15)7-13/h5-7,9H,3-4H2,1-2H3. The van der Waals surface area contributed by atoms with Crippen LogP contribution in [0.5, 0.6) is 5.88 Å². The Morgan fingerprint density at radius 1 is 1.35 bits per heavy atom. The lowest BCUT2D eigenvalue weighted by atomic mass is 10.2. The number of hydrogen-bond acceptors (Lipinski definition) is 4. The van der Waals surface area contributed by atoms with E-state index in [0.29, 0.717) is 24.8 Å². The zero-order valence-corrected chi connectivity index (χ0v) is 11.3. The smallest absolute Gasteiger partial charge is 0.236 e. The molecule has 5 nitrogen and oxygen atoms in total. The van der Waals surface area contributed by atoms with E-state index < -0.39 is 5.82 Å². The van der Waals surface area contributed by atoms with Crippen LogP contribution in [0.15, 0.2) is 24.4 Å². The van der Waals surface area contributed by atoms with Gasteiger partial charge in [-0.3, -0.25) is 0 Å². The molecule has 2 aromatic rings. The number of aryl methyl sites for hydroxylation is 1. The number of hydrogen-bond donors (Lipinski definition) is 0. The zero-order chi connectivity index (χ0) is 14.5. The molecule has 1 aromatic heterocycles. The molecule has 6 heteroatoms. The van der Waals surface area contributed by atoms with Gasteiger partial charge in [0.1, 0.15) is 12.4 Å². The van der Waals surface area contributed by atoms with Crippen molar-refractivity contribution in [1.29, 1.82) is 5.26 Å². The van der Waals surface area contributed by atoms with Crippen LogP contribution in [-0.2, 0) is 4.74 Å². The van der Waals surface area contributed by atoms with E-state index in [4.69, 9.17) is 14.7 Å². The highest BCUT2D eigenvalue weighted by molar-refractivity contribution is 5.42. The summed E-state index contributed by atoms with van der Waals surface area (Å²) in [7, 11) is 1.59. The molecule has 0 aliphatic carbocycles. The molecule has 0 fully saturated rings. The van der Waals surface area contributed by atoms with Gasteiger partial charge in [0, 0.05) is 18.9 Å². The van der Waals surface area contributed by atoms with Crippen molar-refractivity contribution in [1.82, 2.24) is 9.78 Å². The second-order valence-corrected chi connectivity index (χ2v) is 4.21. The van der Waals surface area contributed by atoms with E-state index in [-0.39, 0.29) is 5.56 Å². The van der Waals surface area contributed by atoms with Crippen LogP contribution in [-0.4, -0.2) is 30.1 Å². The van der Waals surface area contributed by atoms with Crippen LogP contribution in [0.4, 0.5) is 4.39 Å². The van der Waals surface area contributed by atoms with Crippen molar-refractivity contribution in [2.45, 2.75) is 6.92 Å². The quantitative estimate of drug-likeness (QED) is 0.785. The Morgan fingerprint density at radius 2 is 2.15 bits per heavy atom. The maximum absolute atomic E-state index is 13.4. The van der Waals surface area contributed by atoms with E-state index in [2.05, 4.69) is 5.10 Å². The highest BCUT2D eigenvalue weighted by Gasteiger charge is 2.09. The van der Waals surface area contributed by atoms with Crippen LogP contribution in [0, 0.1) is 24.1 Å². The lowest BCUT2D eigenvalue weighted by molar-refractivity contribution is 0.143. The summed E-state index contributed by atoms with van der Waals surface area (Å²) in [6.45, 7) is 2.70. The Balaban J connectivity index is 2.27. The van der Waals surface area contributed by atoms with E-state index in [0.717, 1.165) is 5.56 Å². The van der Waals surface area contributed by atoms with E-state index >= 15 is 0 Å². The molecule has 0 unspecified atom stereocenters. The number of benzene rings is 1. The second-order valence-electron chi connectivity index (χ2n) is 4.21. The van der Waals surface area contributed by atoms with E-state index in [1.807, 2.05) is 13.0 Å². The molecule has 0 saturated carbocycles. The maximum atomic E-state index is 13.4. The van der Waals surface area contributed by atoms with Gasteiger partial charge in [0.05, 0.1) is 23.9 Å². The molecular weight excluding hydrogens is 261 g/mol. The average Bonchev–Trinajstić information content (AvgIpc) is 2.80. The van der Waals surface area contributed by atoms with Gasteiger partial charge in [-0.15, -0.1) is 5.10 Å². The highest BCUT2D eigenvalue weighted by atomic mass is 19.1. The predicted molar refractivity (Wildman–Crippen MR) is 70.3 cm³/mol. The highest BCUT2D eigenvalue weighted by Crippen LogP contribution is 2.19. The molecule has 1 aromatic carbocycles. The fraction of sp³-hybridized carbons (Fsp3) is 0.286. The summed E-state index contributed by atoms with van der Waals surface area (Å²) in [5.74, 6) is -0.0149. The first kappa shape index (κ1) is 14.0. The summed E-state index contributed by atoms with van der Waals surface area (Å²) >= 11 is 0. The molecule has 104 valence electrons. The van der Waals surface area contributed by atoms with Gasteiger partial charge < -0.3 is 9.47 Å². The van der Waals surface area contributed by atoms with Crippen molar-refractivity contribution in [3.8, 4) is 17.6 Å². The van der Waals surface area contributed by atoms with Gasteiger partial charge >= 0.3 is 0 Å². The van der Waals surface area contributed by atoms with Gasteiger partial charge in [-0.1, -0.05) is 0 Å². The Bertz CT molecular complexity index is 646. The summed E-state index contributed by atoms with van der Waals surface area (Å²) in [5, 5.41) is 13.1. The number of halogens is 1. The van der Waals surface area contributed by atoms with E-state index in [1.54, 1.807) is 19.4 Å². The third kappa shape index (κ3) is 3.13. The van der Waals surface area contributed by atoms with Crippen LogP contribution >= 0.6 is 0 Å². The lowest BCUT2D eigenvalue weighted by Gasteiger charge is -2.03. The monoisotopic (exact) mass is 275 g/mol. The van der Waals surface area contributed by atoms with Gasteiger partial charge in [-0.25, -0.2) is 9.07 Å². The molecule has 0 spiro atoms. The molecule has 0 radical (unpaired) electrons. The van der Waals surface area contributed by atoms with Gasteiger partial charge in [0.25, 0.3) is 0 Å². The van der Waals surface area contributed by atoms with Gasteiger partial charge in [0.15, 0.2) is 0 Å². The molecule has 0 aliphatic heterocycles. The Kier molecular flexibility index (Phi) is 4.33. The molecule has 0 saturated heterocycles. The molecule has 0 N–H and O–H groups in total.